The van der Waals surface area contributed by atoms with E-state index in [-0.39, 0.29) is 12.4 Å². The van der Waals surface area contributed by atoms with Crippen LogP contribution in [0.25, 0.3) is 11.1 Å². The molecule has 0 amide bonds. The molecule has 0 spiro atoms. The van der Waals surface area contributed by atoms with Crippen molar-refractivity contribution >= 4 is 11.1 Å². The van der Waals surface area contributed by atoms with Crippen molar-refractivity contribution < 1.29 is 19.7 Å². The van der Waals surface area contributed by atoms with Crippen LogP contribution in [0.4, 0.5) is 0 Å². The number of phenols is 1. The second kappa shape index (κ2) is 12.4. The summed E-state index contributed by atoms with van der Waals surface area (Å²) in [7, 11) is 0. The maximum atomic E-state index is 9.84. The number of allylic oxidation sites excluding steroid dienone is 1. The van der Waals surface area contributed by atoms with Crippen molar-refractivity contribution in [2.24, 2.45) is 0 Å². The first-order chi connectivity index (χ1) is 16.7. The highest BCUT2D eigenvalue weighted by molar-refractivity contribution is 5.98. The van der Waals surface area contributed by atoms with Gasteiger partial charge in [0.05, 0.1) is 13.2 Å². The summed E-state index contributed by atoms with van der Waals surface area (Å²) in [6.45, 7) is 5.17. The molecule has 0 aromatic heterocycles. The van der Waals surface area contributed by atoms with Gasteiger partial charge < -0.3 is 19.7 Å². The van der Waals surface area contributed by atoms with Crippen LogP contribution in [0.5, 0.6) is 11.5 Å². The van der Waals surface area contributed by atoms with Crippen LogP contribution < -0.4 is 4.74 Å². The quantitative estimate of drug-likeness (QED) is 0.425. The first-order valence-corrected chi connectivity index (χ1v) is 12.0. The standard InChI is InChI=1S/C29H33NO4/c31-19-4-7-28(23-5-2-1-3-6-23)29(24-8-12-26(32)13-9-24)25-10-14-27(15-11-25)34-22-18-30-16-20-33-21-17-30/h1-3,5-6,8-15,31-32H,4,7,16-22H2/b29-28-. The van der Waals surface area contributed by atoms with E-state index in [1.54, 1.807) is 12.1 Å². The number of phenolic OH excluding ortho intramolecular Hbond substituents is 1. The van der Waals surface area contributed by atoms with Crippen LogP contribution in [-0.2, 0) is 4.74 Å². The summed E-state index contributed by atoms with van der Waals surface area (Å²) in [5, 5.41) is 19.4. The largest absolute Gasteiger partial charge is 0.508 e. The molecular weight excluding hydrogens is 426 g/mol. The Morgan fingerprint density at radius 2 is 1.47 bits per heavy atom. The van der Waals surface area contributed by atoms with Crippen molar-refractivity contribution in [3.63, 3.8) is 0 Å². The summed E-state index contributed by atoms with van der Waals surface area (Å²) in [5.74, 6) is 1.09. The molecule has 1 saturated heterocycles. The molecule has 178 valence electrons. The second-order valence-corrected chi connectivity index (χ2v) is 8.42. The third-order valence-corrected chi connectivity index (χ3v) is 6.09. The number of rotatable bonds is 10. The summed E-state index contributed by atoms with van der Waals surface area (Å²) in [6, 6.07) is 25.8. The molecule has 0 atom stereocenters. The summed E-state index contributed by atoms with van der Waals surface area (Å²) in [5.41, 5.74) is 5.49. The average Bonchev–Trinajstić information content (AvgIpc) is 2.89. The van der Waals surface area contributed by atoms with Crippen molar-refractivity contribution in [2.75, 3.05) is 46.1 Å². The molecule has 0 unspecified atom stereocenters. The molecule has 3 aromatic carbocycles. The molecule has 5 nitrogen and oxygen atoms in total. The Bertz CT molecular complexity index is 1040. The van der Waals surface area contributed by atoms with Crippen LogP contribution in [0.1, 0.15) is 29.5 Å². The monoisotopic (exact) mass is 459 g/mol. The number of aliphatic hydroxyl groups excluding tert-OH is 1. The van der Waals surface area contributed by atoms with E-state index in [4.69, 9.17) is 9.47 Å². The fourth-order valence-corrected chi connectivity index (χ4v) is 4.29. The Kier molecular flexibility index (Phi) is 8.74. The number of morpholine rings is 1. The van der Waals surface area contributed by atoms with Gasteiger partial charge in [0.2, 0.25) is 0 Å². The topological polar surface area (TPSA) is 62.2 Å². The molecule has 1 aliphatic rings. The number of aromatic hydroxyl groups is 1. The van der Waals surface area contributed by atoms with E-state index in [2.05, 4.69) is 29.2 Å². The minimum Gasteiger partial charge on any atom is -0.508 e. The van der Waals surface area contributed by atoms with Crippen molar-refractivity contribution in [1.82, 2.24) is 4.90 Å². The zero-order valence-electron chi connectivity index (χ0n) is 19.5. The van der Waals surface area contributed by atoms with Crippen molar-refractivity contribution in [3.05, 3.63) is 95.6 Å². The van der Waals surface area contributed by atoms with Gasteiger partial charge in [-0.1, -0.05) is 54.6 Å². The lowest BCUT2D eigenvalue weighted by molar-refractivity contribution is 0.0322. The Morgan fingerprint density at radius 3 is 2.12 bits per heavy atom. The molecular formula is C29H33NO4. The van der Waals surface area contributed by atoms with Crippen LogP contribution in [0.2, 0.25) is 0 Å². The fourth-order valence-electron chi connectivity index (χ4n) is 4.29. The van der Waals surface area contributed by atoms with E-state index in [0.29, 0.717) is 13.0 Å². The second-order valence-electron chi connectivity index (χ2n) is 8.42. The van der Waals surface area contributed by atoms with E-state index in [1.165, 1.54) is 5.57 Å². The smallest absolute Gasteiger partial charge is 0.119 e. The molecule has 4 rings (SSSR count). The highest BCUT2D eigenvalue weighted by Crippen LogP contribution is 2.36. The van der Waals surface area contributed by atoms with Gasteiger partial charge >= 0.3 is 0 Å². The first kappa shape index (κ1) is 24.0. The van der Waals surface area contributed by atoms with Gasteiger partial charge in [-0.05, 0) is 64.9 Å². The predicted molar refractivity (Wildman–Crippen MR) is 136 cm³/mol. The lowest BCUT2D eigenvalue weighted by Gasteiger charge is -2.26. The highest BCUT2D eigenvalue weighted by atomic mass is 16.5. The SMILES string of the molecule is OCCC/C(=C(\c1ccc(O)cc1)c1ccc(OCCN2CCOCC2)cc1)c1ccccc1. The third kappa shape index (κ3) is 6.48. The summed E-state index contributed by atoms with van der Waals surface area (Å²) in [6.07, 6.45) is 1.42. The molecule has 5 heteroatoms. The number of ether oxygens (including phenoxy) is 2. The molecule has 1 fully saturated rings. The van der Waals surface area contributed by atoms with Crippen LogP contribution >= 0.6 is 0 Å². The summed E-state index contributed by atoms with van der Waals surface area (Å²) >= 11 is 0. The minimum absolute atomic E-state index is 0.134. The van der Waals surface area contributed by atoms with Gasteiger partial charge in [0.1, 0.15) is 18.1 Å². The lowest BCUT2D eigenvalue weighted by Crippen LogP contribution is -2.38. The third-order valence-electron chi connectivity index (χ3n) is 6.09. The number of hydrogen-bond donors (Lipinski definition) is 2. The minimum atomic E-state index is 0.134. The van der Waals surface area contributed by atoms with E-state index in [0.717, 1.165) is 67.3 Å². The van der Waals surface area contributed by atoms with E-state index in [1.807, 2.05) is 42.5 Å². The predicted octanol–water partition coefficient (Wildman–Crippen LogP) is 4.83. The van der Waals surface area contributed by atoms with Gasteiger partial charge in [-0.25, -0.2) is 0 Å². The molecule has 0 saturated carbocycles. The molecule has 3 aromatic rings. The molecule has 0 bridgehead atoms. The zero-order valence-corrected chi connectivity index (χ0v) is 19.5. The Balaban J connectivity index is 1.62. The van der Waals surface area contributed by atoms with Gasteiger partial charge in [0.25, 0.3) is 0 Å². The normalized spacial score (nSPS) is 15.1. The van der Waals surface area contributed by atoms with Crippen molar-refractivity contribution in [2.45, 2.75) is 12.8 Å². The molecule has 1 aliphatic heterocycles. The molecule has 2 N–H and O–H groups in total. The van der Waals surface area contributed by atoms with Crippen LogP contribution in [0, 0.1) is 0 Å². The Labute approximate surface area is 201 Å². The van der Waals surface area contributed by atoms with Gasteiger partial charge in [-0.2, -0.15) is 0 Å². The van der Waals surface area contributed by atoms with Crippen LogP contribution in [0.3, 0.4) is 0 Å². The maximum Gasteiger partial charge on any atom is 0.119 e. The summed E-state index contributed by atoms with van der Waals surface area (Å²) < 4.78 is 11.4. The number of benzene rings is 3. The molecule has 34 heavy (non-hydrogen) atoms. The van der Waals surface area contributed by atoms with Crippen molar-refractivity contribution in [3.8, 4) is 11.5 Å². The number of aliphatic hydroxyl groups is 1. The van der Waals surface area contributed by atoms with Crippen molar-refractivity contribution in [1.29, 1.82) is 0 Å². The number of nitrogens with zero attached hydrogens (tertiary/aromatic N) is 1. The van der Waals surface area contributed by atoms with Gasteiger partial charge in [0.15, 0.2) is 0 Å². The fraction of sp³-hybridized carbons (Fsp3) is 0.310. The first-order valence-electron chi connectivity index (χ1n) is 12.0. The van der Waals surface area contributed by atoms with Gasteiger partial charge in [-0.3, -0.25) is 4.90 Å². The summed E-state index contributed by atoms with van der Waals surface area (Å²) in [4.78, 5) is 2.36. The average molecular weight is 460 g/mol. The maximum absolute atomic E-state index is 9.84. The Hall–Kier alpha value is -3.12. The molecule has 0 radical (unpaired) electrons. The van der Waals surface area contributed by atoms with Gasteiger partial charge in [-0.15, -0.1) is 0 Å². The highest BCUT2D eigenvalue weighted by Gasteiger charge is 2.15. The molecule has 0 aliphatic carbocycles. The van der Waals surface area contributed by atoms with Crippen LogP contribution in [0.15, 0.2) is 78.9 Å². The molecule has 1 heterocycles. The van der Waals surface area contributed by atoms with Gasteiger partial charge in [0, 0.05) is 26.2 Å². The van der Waals surface area contributed by atoms with E-state index in [9.17, 15) is 10.2 Å². The number of hydrogen-bond acceptors (Lipinski definition) is 5. The van der Waals surface area contributed by atoms with E-state index < -0.39 is 0 Å². The zero-order chi connectivity index (χ0) is 23.6. The van der Waals surface area contributed by atoms with Crippen LogP contribution in [-0.4, -0.2) is 61.2 Å². The lowest BCUT2D eigenvalue weighted by atomic mass is 9.87. The Morgan fingerprint density at radius 1 is 0.824 bits per heavy atom. The van der Waals surface area contributed by atoms with E-state index >= 15 is 0 Å².